The van der Waals surface area contributed by atoms with Crippen LogP contribution in [0.25, 0.3) is 0 Å². The Bertz CT molecular complexity index is 638. The maximum atomic E-state index is 12.3. The summed E-state index contributed by atoms with van der Waals surface area (Å²) >= 11 is 1.53. The second-order valence-corrected chi connectivity index (χ2v) is 6.94. The fraction of sp³-hybridized carbons (Fsp3) is 0.438. The van der Waals surface area contributed by atoms with Crippen molar-refractivity contribution < 1.29 is 19.5 Å². The lowest BCUT2D eigenvalue weighted by atomic mass is 9.98. The molecule has 0 spiro atoms. The predicted octanol–water partition coefficient (Wildman–Crippen LogP) is 1.50. The van der Waals surface area contributed by atoms with Gasteiger partial charge in [0.25, 0.3) is 5.91 Å². The first-order valence-corrected chi connectivity index (χ1v) is 8.71. The fourth-order valence-corrected chi connectivity index (χ4v) is 4.21. The number of anilines is 1. The van der Waals surface area contributed by atoms with Gasteiger partial charge in [-0.25, -0.2) is 4.79 Å². The SMILES string of the molecule is O=C(NC1(C(=O)O)CCSC1)c1ccc(N2CCCC2=O)cc1. The van der Waals surface area contributed by atoms with Gasteiger partial charge in [0.15, 0.2) is 0 Å². The maximum absolute atomic E-state index is 12.3. The summed E-state index contributed by atoms with van der Waals surface area (Å²) in [7, 11) is 0. The average molecular weight is 334 g/mol. The quantitative estimate of drug-likeness (QED) is 0.871. The van der Waals surface area contributed by atoms with Crippen LogP contribution in [0.4, 0.5) is 5.69 Å². The van der Waals surface area contributed by atoms with Crippen molar-refractivity contribution in [1.29, 1.82) is 0 Å². The summed E-state index contributed by atoms with van der Waals surface area (Å²) in [5, 5.41) is 12.1. The molecular weight excluding hydrogens is 316 g/mol. The van der Waals surface area contributed by atoms with Gasteiger partial charge in [0.1, 0.15) is 5.54 Å². The van der Waals surface area contributed by atoms with Gasteiger partial charge >= 0.3 is 5.97 Å². The van der Waals surface area contributed by atoms with Crippen LogP contribution in [0.1, 0.15) is 29.6 Å². The molecule has 2 saturated heterocycles. The van der Waals surface area contributed by atoms with E-state index in [-0.39, 0.29) is 5.91 Å². The largest absolute Gasteiger partial charge is 0.479 e. The third kappa shape index (κ3) is 3.06. The highest BCUT2D eigenvalue weighted by Gasteiger charge is 2.43. The number of nitrogens with one attached hydrogen (secondary N) is 1. The van der Waals surface area contributed by atoms with Crippen LogP contribution in [0.3, 0.4) is 0 Å². The number of nitrogens with zero attached hydrogens (tertiary/aromatic N) is 1. The summed E-state index contributed by atoms with van der Waals surface area (Å²) in [4.78, 5) is 37.2. The number of carboxylic acid groups (broad SMARTS) is 1. The summed E-state index contributed by atoms with van der Waals surface area (Å²) in [6, 6.07) is 6.73. The average Bonchev–Trinajstić information content (AvgIpc) is 3.17. The second-order valence-electron chi connectivity index (χ2n) is 5.84. The van der Waals surface area contributed by atoms with E-state index >= 15 is 0 Å². The Balaban J connectivity index is 1.73. The number of carbonyl (C=O) groups is 3. The third-order valence-corrected chi connectivity index (χ3v) is 5.49. The first-order chi connectivity index (χ1) is 11.0. The molecule has 2 N–H and O–H groups in total. The van der Waals surface area contributed by atoms with Crippen molar-refractivity contribution in [3.05, 3.63) is 29.8 Å². The lowest BCUT2D eigenvalue weighted by molar-refractivity contribution is -0.143. The van der Waals surface area contributed by atoms with Gasteiger partial charge in [-0.05, 0) is 42.9 Å². The van der Waals surface area contributed by atoms with Gasteiger partial charge < -0.3 is 15.3 Å². The highest BCUT2D eigenvalue weighted by atomic mass is 32.2. The highest BCUT2D eigenvalue weighted by Crippen LogP contribution is 2.29. The van der Waals surface area contributed by atoms with Gasteiger partial charge in [-0.2, -0.15) is 11.8 Å². The van der Waals surface area contributed by atoms with Crippen LogP contribution in [0.15, 0.2) is 24.3 Å². The van der Waals surface area contributed by atoms with Crippen molar-refractivity contribution in [1.82, 2.24) is 5.32 Å². The van der Waals surface area contributed by atoms with E-state index < -0.39 is 17.4 Å². The molecule has 2 aliphatic heterocycles. The molecule has 1 aromatic rings. The molecule has 0 saturated carbocycles. The van der Waals surface area contributed by atoms with E-state index in [1.54, 1.807) is 29.2 Å². The van der Waals surface area contributed by atoms with Gasteiger partial charge in [-0.1, -0.05) is 0 Å². The molecule has 2 heterocycles. The molecule has 3 rings (SSSR count). The molecule has 1 atom stereocenters. The number of thioether (sulfide) groups is 1. The van der Waals surface area contributed by atoms with Crippen molar-refractivity contribution in [3.8, 4) is 0 Å². The Labute approximate surface area is 138 Å². The highest BCUT2D eigenvalue weighted by molar-refractivity contribution is 7.99. The van der Waals surface area contributed by atoms with E-state index in [0.29, 0.717) is 30.7 Å². The molecule has 6 nitrogen and oxygen atoms in total. The van der Waals surface area contributed by atoms with E-state index in [9.17, 15) is 19.5 Å². The summed E-state index contributed by atoms with van der Waals surface area (Å²) < 4.78 is 0. The Hall–Kier alpha value is -2.02. The van der Waals surface area contributed by atoms with Crippen molar-refractivity contribution in [2.45, 2.75) is 24.8 Å². The molecule has 23 heavy (non-hydrogen) atoms. The van der Waals surface area contributed by atoms with Gasteiger partial charge in [0.05, 0.1) is 0 Å². The van der Waals surface area contributed by atoms with E-state index in [2.05, 4.69) is 5.32 Å². The zero-order valence-corrected chi connectivity index (χ0v) is 13.4. The third-order valence-electron chi connectivity index (χ3n) is 4.30. The number of rotatable bonds is 4. The minimum absolute atomic E-state index is 0.0926. The van der Waals surface area contributed by atoms with Gasteiger partial charge in [0.2, 0.25) is 5.91 Å². The molecule has 0 aromatic heterocycles. The van der Waals surface area contributed by atoms with Gasteiger partial charge in [-0.15, -0.1) is 0 Å². The molecule has 0 bridgehead atoms. The normalized spacial score (nSPS) is 24.0. The van der Waals surface area contributed by atoms with Crippen LogP contribution in [-0.2, 0) is 9.59 Å². The lowest BCUT2D eigenvalue weighted by Gasteiger charge is -2.24. The number of hydrogen-bond acceptors (Lipinski definition) is 4. The van der Waals surface area contributed by atoms with Crippen LogP contribution >= 0.6 is 11.8 Å². The summed E-state index contributed by atoms with van der Waals surface area (Å²) in [6.07, 6.45) is 1.83. The lowest BCUT2D eigenvalue weighted by Crippen LogP contribution is -2.54. The van der Waals surface area contributed by atoms with E-state index in [1.165, 1.54) is 11.8 Å². The first-order valence-electron chi connectivity index (χ1n) is 7.56. The zero-order chi connectivity index (χ0) is 16.4. The monoisotopic (exact) mass is 334 g/mol. The molecule has 7 heteroatoms. The number of hydrogen-bond donors (Lipinski definition) is 2. The van der Waals surface area contributed by atoms with Crippen molar-refractivity contribution in [2.24, 2.45) is 0 Å². The number of benzene rings is 1. The van der Waals surface area contributed by atoms with Gasteiger partial charge in [-0.3, -0.25) is 9.59 Å². The number of carbonyl (C=O) groups excluding carboxylic acids is 2. The van der Waals surface area contributed by atoms with Crippen molar-refractivity contribution in [2.75, 3.05) is 23.0 Å². The standard InChI is InChI=1S/C16H18N2O4S/c19-13-2-1-8-18(13)12-5-3-11(4-6-12)14(20)17-16(15(21)22)7-9-23-10-16/h3-6H,1-2,7-10H2,(H,17,20)(H,21,22). The molecule has 0 radical (unpaired) electrons. The van der Waals surface area contributed by atoms with E-state index in [1.807, 2.05) is 0 Å². The number of aliphatic carboxylic acids is 1. The zero-order valence-electron chi connectivity index (χ0n) is 12.6. The summed E-state index contributed by atoms with van der Waals surface area (Å²) in [5.74, 6) is -0.184. The number of amides is 2. The smallest absolute Gasteiger partial charge is 0.330 e. The Morgan fingerprint density at radius 1 is 1.26 bits per heavy atom. The predicted molar refractivity (Wildman–Crippen MR) is 87.8 cm³/mol. The first kappa shape index (κ1) is 15.9. The summed E-state index contributed by atoms with van der Waals surface area (Å²) in [5.41, 5.74) is -0.00272. The van der Waals surface area contributed by atoms with Crippen LogP contribution < -0.4 is 10.2 Å². The van der Waals surface area contributed by atoms with E-state index in [0.717, 1.165) is 17.9 Å². The Morgan fingerprint density at radius 2 is 2.00 bits per heavy atom. The summed E-state index contributed by atoms with van der Waals surface area (Å²) in [6.45, 7) is 0.698. The molecule has 2 aliphatic rings. The minimum Gasteiger partial charge on any atom is -0.479 e. The molecule has 2 amide bonds. The Kier molecular flexibility index (Phi) is 4.30. The van der Waals surface area contributed by atoms with Gasteiger partial charge in [0, 0.05) is 30.0 Å². The van der Waals surface area contributed by atoms with Crippen LogP contribution in [0, 0.1) is 0 Å². The molecular formula is C16H18N2O4S. The van der Waals surface area contributed by atoms with Crippen LogP contribution in [-0.4, -0.2) is 46.5 Å². The molecule has 122 valence electrons. The second kappa shape index (κ2) is 6.23. The van der Waals surface area contributed by atoms with Crippen LogP contribution in [0.5, 0.6) is 0 Å². The fourth-order valence-electron chi connectivity index (χ4n) is 2.89. The topological polar surface area (TPSA) is 86.7 Å². The minimum atomic E-state index is -1.18. The molecule has 0 aliphatic carbocycles. The van der Waals surface area contributed by atoms with E-state index in [4.69, 9.17) is 0 Å². The molecule has 1 aromatic carbocycles. The van der Waals surface area contributed by atoms with Crippen molar-refractivity contribution >= 4 is 35.2 Å². The molecule has 1 unspecified atom stereocenters. The number of carboxylic acids is 1. The van der Waals surface area contributed by atoms with Crippen LogP contribution in [0.2, 0.25) is 0 Å². The van der Waals surface area contributed by atoms with Crippen molar-refractivity contribution in [3.63, 3.8) is 0 Å². The molecule has 2 fully saturated rings. The Morgan fingerprint density at radius 3 is 2.52 bits per heavy atom. The maximum Gasteiger partial charge on any atom is 0.330 e.